The lowest BCUT2D eigenvalue weighted by atomic mass is 9.97. The molecule has 4 N–H and O–H groups in total. The van der Waals surface area contributed by atoms with Crippen molar-refractivity contribution in [3.63, 3.8) is 0 Å². The van der Waals surface area contributed by atoms with E-state index >= 15 is 0 Å². The minimum atomic E-state index is 0.536. The van der Waals surface area contributed by atoms with Gasteiger partial charge in [-0.05, 0) is 19.3 Å². The fourth-order valence-electron chi connectivity index (χ4n) is 1.75. The first-order valence-electron chi connectivity index (χ1n) is 5.52. The molecule has 2 aliphatic rings. The summed E-state index contributed by atoms with van der Waals surface area (Å²) >= 11 is 1.41. The maximum absolute atomic E-state index is 5.63. The molecule has 1 saturated heterocycles. The predicted molar refractivity (Wildman–Crippen MR) is 62.1 cm³/mol. The summed E-state index contributed by atoms with van der Waals surface area (Å²) in [4.78, 5) is 0. The van der Waals surface area contributed by atoms with E-state index in [0.29, 0.717) is 11.3 Å². The summed E-state index contributed by atoms with van der Waals surface area (Å²) in [5, 5.41) is 5.84. The summed E-state index contributed by atoms with van der Waals surface area (Å²) < 4.78 is 5.05. The van der Waals surface area contributed by atoms with Crippen LogP contribution in [-0.2, 0) is 4.74 Å². The quantitative estimate of drug-likeness (QED) is 0.657. The summed E-state index contributed by atoms with van der Waals surface area (Å²) in [6, 6.07) is 0.536. The number of hydrogen-bond acceptors (Lipinski definition) is 4. The third kappa shape index (κ3) is 5.20. The van der Waals surface area contributed by atoms with Gasteiger partial charge in [-0.15, -0.1) is 0 Å². The van der Waals surface area contributed by atoms with Crippen molar-refractivity contribution in [2.45, 2.75) is 49.8 Å². The molecular formula is C10H22N2OS. The Labute approximate surface area is 91.1 Å². The van der Waals surface area contributed by atoms with E-state index in [9.17, 15) is 0 Å². The maximum atomic E-state index is 5.63. The van der Waals surface area contributed by atoms with Gasteiger partial charge in [0.25, 0.3) is 0 Å². The molecule has 3 nitrogen and oxygen atoms in total. The zero-order valence-corrected chi connectivity index (χ0v) is 9.60. The van der Waals surface area contributed by atoms with Gasteiger partial charge in [0.15, 0.2) is 0 Å². The van der Waals surface area contributed by atoms with E-state index in [2.05, 4.69) is 0 Å². The lowest BCUT2D eigenvalue weighted by Crippen LogP contribution is -2.22. The molecule has 1 saturated carbocycles. The predicted octanol–water partition coefficient (Wildman–Crippen LogP) is 1.66. The SMILES string of the molecule is NC1CCCCC1.NSC1CCOC1. The molecule has 1 unspecified atom stereocenters. The Hall–Kier alpha value is 0.230. The van der Waals surface area contributed by atoms with E-state index in [-0.39, 0.29) is 0 Å². The Morgan fingerprint density at radius 2 is 1.79 bits per heavy atom. The van der Waals surface area contributed by atoms with Crippen molar-refractivity contribution in [1.29, 1.82) is 0 Å². The first kappa shape index (κ1) is 12.3. The molecule has 4 heteroatoms. The van der Waals surface area contributed by atoms with Crippen LogP contribution in [0.2, 0.25) is 0 Å². The highest BCUT2D eigenvalue weighted by atomic mass is 32.2. The Balaban J connectivity index is 0.000000140. The third-order valence-electron chi connectivity index (χ3n) is 2.73. The fraction of sp³-hybridized carbons (Fsp3) is 1.00. The van der Waals surface area contributed by atoms with Gasteiger partial charge in [0.05, 0.1) is 6.61 Å². The van der Waals surface area contributed by atoms with E-state index in [4.69, 9.17) is 15.6 Å². The van der Waals surface area contributed by atoms with Crippen molar-refractivity contribution < 1.29 is 4.74 Å². The number of hydrogen-bond donors (Lipinski definition) is 2. The molecule has 0 radical (unpaired) electrons. The van der Waals surface area contributed by atoms with Crippen LogP contribution in [0, 0.1) is 0 Å². The van der Waals surface area contributed by atoms with Gasteiger partial charge in [-0.1, -0.05) is 31.2 Å². The number of nitrogens with two attached hydrogens (primary N) is 2. The molecule has 1 aliphatic carbocycles. The summed E-state index contributed by atoms with van der Waals surface area (Å²) in [6.45, 7) is 1.75. The van der Waals surface area contributed by atoms with Crippen LogP contribution in [0.1, 0.15) is 38.5 Å². The van der Waals surface area contributed by atoms with Crippen molar-refractivity contribution in [3.05, 3.63) is 0 Å². The van der Waals surface area contributed by atoms with Crippen LogP contribution in [-0.4, -0.2) is 24.5 Å². The monoisotopic (exact) mass is 218 g/mol. The van der Waals surface area contributed by atoms with Crippen LogP contribution in [0.15, 0.2) is 0 Å². The molecule has 0 bridgehead atoms. The van der Waals surface area contributed by atoms with E-state index in [1.165, 1.54) is 44.1 Å². The van der Waals surface area contributed by atoms with E-state index in [1.54, 1.807) is 0 Å². The van der Waals surface area contributed by atoms with Gasteiger partial charge in [0.2, 0.25) is 0 Å². The Bertz CT molecular complexity index is 134. The number of ether oxygens (including phenoxy) is 1. The van der Waals surface area contributed by atoms with Crippen LogP contribution < -0.4 is 10.9 Å². The molecule has 1 heterocycles. The van der Waals surface area contributed by atoms with E-state index in [1.807, 2.05) is 0 Å². The van der Waals surface area contributed by atoms with Gasteiger partial charge in [-0.2, -0.15) is 0 Å². The van der Waals surface area contributed by atoms with Crippen molar-refractivity contribution in [2.75, 3.05) is 13.2 Å². The molecular weight excluding hydrogens is 196 g/mol. The smallest absolute Gasteiger partial charge is 0.0598 e. The molecule has 0 aromatic heterocycles. The second-order valence-corrected chi connectivity index (χ2v) is 4.96. The Morgan fingerprint density at radius 1 is 1.07 bits per heavy atom. The van der Waals surface area contributed by atoms with Crippen LogP contribution in [0.3, 0.4) is 0 Å². The fourth-order valence-corrected chi connectivity index (χ4v) is 2.16. The van der Waals surface area contributed by atoms with E-state index in [0.717, 1.165) is 19.6 Å². The summed E-state index contributed by atoms with van der Waals surface area (Å²) in [5.74, 6) is 0. The van der Waals surface area contributed by atoms with Gasteiger partial charge >= 0.3 is 0 Å². The maximum Gasteiger partial charge on any atom is 0.0598 e. The van der Waals surface area contributed by atoms with Crippen LogP contribution in [0.4, 0.5) is 0 Å². The highest BCUT2D eigenvalue weighted by molar-refractivity contribution is 7.97. The average Bonchev–Trinajstić information content (AvgIpc) is 2.72. The minimum Gasteiger partial charge on any atom is -0.380 e. The Morgan fingerprint density at radius 3 is 2.07 bits per heavy atom. The van der Waals surface area contributed by atoms with Crippen LogP contribution in [0.25, 0.3) is 0 Å². The van der Waals surface area contributed by atoms with Gasteiger partial charge in [0.1, 0.15) is 0 Å². The van der Waals surface area contributed by atoms with E-state index < -0.39 is 0 Å². The standard InChI is InChI=1S/C6H13N.C4H9NOS/c7-6-4-2-1-3-5-6;5-7-4-1-2-6-3-4/h6H,1-5,7H2;4H,1-3,5H2. The molecule has 0 aromatic rings. The second kappa shape index (κ2) is 7.51. The Kier molecular flexibility index (Phi) is 6.60. The third-order valence-corrected chi connectivity index (χ3v) is 3.49. The molecule has 1 atom stereocenters. The molecule has 1 aliphatic heterocycles. The highest BCUT2D eigenvalue weighted by Gasteiger charge is 2.13. The lowest BCUT2D eigenvalue weighted by molar-refractivity contribution is 0.199. The second-order valence-electron chi connectivity index (χ2n) is 4.02. The minimum absolute atomic E-state index is 0.536. The molecule has 0 aromatic carbocycles. The average molecular weight is 218 g/mol. The van der Waals surface area contributed by atoms with Gasteiger partial charge in [0, 0.05) is 17.9 Å². The van der Waals surface area contributed by atoms with Gasteiger partial charge < -0.3 is 10.5 Å². The zero-order chi connectivity index (χ0) is 10.2. The van der Waals surface area contributed by atoms with Crippen molar-refractivity contribution in [2.24, 2.45) is 10.9 Å². The molecule has 0 amide bonds. The largest absolute Gasteiger partial charge is 0.380 e. The number of rotatable bonds is 1. The van der Waals surface area contributed by atoms with Crippen molar-refractivity contribution in [1.82, 2.24) is 0 Å². The highest BCUT2D eigenvalue weighted by Crippen LogP contribution is 2.15. The molecule has 2 rings (SSSR count). The summed E-state index contributed by atoms with van der Waals surface area (Å²) in [6.07, 6.45) is 7.79. The molecule has 2 fully saturated rings. The molecule has 84 valence electrons. The lowest BCUT2D eigenvalue weighted by Gasteiger charge is -2.15. The first-order valence-corrected chi connectivity index (χ1v) is 6.46. The summed E-state index contributed by atoms with van der Waals surface area (Å²) in [5.41, 5.74) is 5.63. The normalized spacial score (nSPS) is 28.3. The van der Waals surface area contributed by atoms with Gasteiger partial charge in [-0.25, -0.2) is 0 Å². The van der Waals surface area contributed by atoms with Crippen LogP contribution in [0.5, 0.6) is 0 Å². The first-order chi connectivity index (χ1) is 6.83. The van der Waals surface area contributed by atoms with Crippen LogP contribution >= 0.6 is 11.9 Å². The topological polar surface area (TPSA) is 61.3 Å². The summed E-state index contributed by atoms with van der Waals surface area (Å²) in [7, 11) is 0. The van der Waals surface area contributed by atoms with Gasteiger partial charge in [-0.3, -0.25) is 5.14 Å². The molecule has 14 heavy (non-hydrogen) atoms. The molecule has 0 spiro atoms. The van der Waals surface area contributed by atoms with Crippen molar-refractivity contribution in [3.8, 4) is 0 Å². The zero-order valence-electron chi connectivity index (χ0n) is 8.78. The van der Waals surface area contributed by atoms with Crippen molar-refractivity contribution >= 4 is 11.9 Å².